The Kier molecular flexibility index (Phi) is 3.67. The van der Waals surface area contributed by atoms with Gasteiger partial charge >= 0.3 is 6.09 Å². The van der Waals surface area contributed by atoms with Crippen LogP contribution < -0.4 is 0 Å². The van der Waals surface area contributed by atoms with Gasteiger partial charge in [0.1, 0.15) is 5.60 Å². The van der Waals surface area contributed by atoms with Crippen molar-refractivity contribution < 1.29 is 9.53 Å². The van der Waals surface area contributed by atoms with Crippen molar-refractivity contribution in [2.75, 3.05) is 0 Å². The number of rotatable bonds is 1. The summed E-state index contributed by atoms with van der Waals surface area (Å²) in [4.78, 5) is 12.1. The van der Waals surface area contributed by atoms with Crippen molar-refractivity contribution >= 4 is 34.7 Å². The Bertz CT molecular complexity index is 635. The molecule has 0 unspecified atom stereocenters. The summed E-state index contributed by atoms with van der Waals surface area (Å²) in [7, 11) is 0. The van der Waals surface area contributed by atoms with Gasteiger partial charge in [-0.25, -0.2) is 4.79 Å². The third-order valence-electron chi connectivity index (χ3n) is 2.56. The Morgan fingerprint density at radius 1 is 1.32 bits per heavy atom. The zero-order valence-electron chi connectivity index (χ0n) is 11.2. The van der Waals surface area contributed by atoms with E-state index in [0.29, 0.717) is 0 Å². The molecule has 0 spiro atoms. The van der Waals surface area contributed by atoms with Gasteiger partial charge in [0, 0.05) is 17.1 Å². The van der Waals surface area contributed by atoms with E-state index in [4.69, 9.17) is 16.3 Å². The quantitative estimate of drug-likeness (QED) is 0.761. The lowest BCUT2D eigenvalue weighted by Crippen LogP contribution is -2.26. The first kappa shape index (κ1) is 13.7. The summed E-state index contributed by atoms with van der Waals surface area (Å²) in [6.07, 6.45) is 3.14. The predicted octanol–water partition coefficient (Wildman–Crippen LogP) is 4.63. The van der Waals surface area contributed by atoms with Crippen molar-refractivity contribution in [2.24, 2.45) is 0 Å². The summed E-state index contributed by atoms with van der Waals surface area (Å²) < 4.78 is 6.87. The number of benzene rings is 1. The van der Waals surface area contributed by atoms with Crippen LogP contribution in [0.1, 0.15) is 26.3 Å². The highest BCUT2D eigenvalue weighted by Gasteiger charge is 2.18. The molecule has 1 heterocycles. The van der Waals surface area contributed by atoms with Crippen molar-refractivity contribution in [1.29, 1.82) is 0 Å². The van der Waals surface area contributed by atoms with Gasteiger partial charge in [-0.05, 0) is 50.6 Å². The summed E-state index contributed by atoms with van der Waals surface area (Å²) in [5.74, 6) is 0. The van der Waals surface area contributed by atoms with Crippen molar-refractivity contribution in [3.8, 4) is 0 Å². The van der Waals surface area contributed by atoms with E-state index >= 15 is 0 Å². The minimum absolute atomic E-state index is 0.372. The molecule has 0 saturated heterocycles. The Morgan fingerprint density at radius 2 is 2.05 bits per heavy atom. The number of halogens is 1. The first-order chi connectivity index (χ1) is 8.90. The van der Waals surface area contributed by atoms with E-state index in [0.717, 1.165) is 16.5 Å². The first-order valence-corrected chi connectivity index (χ1v) is 6.45. The molecule has 4 heteroatoms. The molecular weight excluding hydrogens is 262 g/mol. The van der Waals surface area contributed by atoms with Gasteiger partial charge < -0.3 is 4.74 Å². The fourth-order valence-electron chi connectivity index (χ4n) is 1.81. The van der Waals surface area contributed by atoms with Gasteiger partial charge in [-0.3, -0.25) is 4.57 Å². The average Bonchev–Trinajstić information content (AvgIpc) is 2.70. The molecule has 0 aliphatic heterocycles. The van der Waals surface area contributed by atoms with Crippen LogP contribution in [0, 0.1) is 0 Å². The van der Waals surface area contributed by atoms with Gasteiger partial charge in [0.25, 0.3) is 0 Å². The highest BCUT2D eigenvalue weighted by atomic mass is 35.5. The maximum atomic E-state index is 12.1. The number of carbonyl (C=O) groups is 1. The van der Waals surface area contributed by atoms with Crippen LogP contribution in [0.3, 0.4) is 0 Å². The molecule has 3 nitrogen and oxygen atoms in total. The second-order valence-electron chi connectivity index (χ2n) is 5.28. The molecule has 0 N–H and O–H groups in total. The lowest BCUT2D eigenvalue weighted by molar-refractivity contribution is 0.0544. The van der Waals surface area contributed by atoms with E-state index in [1.165, 1.54) is 10.1 Å². The highest BCUT2D eigenvalue weighted by molar-refractivity contribution is 6.27. The molecule has 0 bridgehead atoms. The van der Waals surface area contributed by atoms with Gasteiger partial charge in [-0.15, -0.1) is 0 Å². The molecule has 0 aliphatic carbocycles. The fourth-order valence-corrected chi connectivity index (χ4v) is 1.95. The second kappa shape index (κ2) is 5.10. The standard InChI is InChI=1S/C15H16ClNO2/c1-15(2,3)19-14(18)17-9-7-12-10-11(6-8-16)4-5-13(12)17/h4-10H,1-3H3/b8-6-. The summed E-state index contributed by atoms with van der Waals surface area (Å²) >= 11 is 5.56. The van der Waals surface area contributed by atoms with Gasteiger partial charge in [0.2, 0.25) is 0 Å². The lowest BCUT2D eigenvalue weighted by Gasteiger charge is -2.19. The summed E-state index contributed by atoms with van der Waals surface area (Å²) in [6, 6.07) is 7.63. The van der Waals surface area contributed by atoms with Crippen molar-refractivity contribution in [1.82, 2.24) is 4.57 Å². The SMILES string of the molecule is CC(C)(C)OC(=O)n1ccc2cc(/C=C\Cl)ccc21. The molecular formula is C15H16ClNO2. The molecule has 0 saturated carbocycles. The van der Waals surface area contributed by atoms with E-state index in [2.05, 4.69) is 0 Å². The summed E-state index contributed by atoms with van der Waals surface area (Å²) in [6.45, 7) is 5.54. The Balaban J connectivity index is 2.38. The van der Waals surface area contributed by atoms with Gasteiger partial charge in [0.15, 0.2) is 0 Å². The maximum absolute atomic E-state index is 12.1. The normalized spacial score (nSPS) is 12.2. The van der Waals surface area contributed by atoms with E-state index in [9.17, 15) is 4.79 Å². The van der Waals surface area contributed by atoms with E-state index in [1.54, 1.807) is 12.3 Å². The molecule has 0 fully saturated rings. The van der Waals surface area contributed by atoms with Crippen LogP contribution in [-0.2, 0) is 4.74 Å². The molecule has 19 heavy (non-hydrogen) atoms. The zero-order chi connectivity index (χ0) is 14.0. The van der Waals surface area contributed by atoms with Crippen LogP contribution >= 0.6 is 11.6 Å². The summed E-state index contributed by atoms with van der Waals surface area (Å²) in [5, 5.41) is 0.970. The smallest absolute Gasteiger partial charge is 0.418 e. The van der Waals surface area contributed by atoms with Gasteiger partial charge in [-0.2, -0.15) is 0 Å². The summed E-state index contributed by atoms with van der Waals surface area (Å²) in [5.41, 5.74) is 2.77. The van der Waals surface area contributed by atoms with Crippen LogP contribution in [0.2, 0.25) is 0 Å². The Hall–Kier alpha value is -1.74. The number of hydrogen-bond donors (Lipinski definition) is 0. The Morgan fingerprint density at radius 3 is 2.68 bits per heavy atom. The molecule has 2 aromatic rings. The van der Waals surface area contributed by atoms with Crippen LogP contribution in [0.5, 0.6) is 0 Å². The van der Waals surface area contributed by atoms with E-state index < -0.39 is 5.60 Å². The van der Waals surface area contributed by atoms with Crippen molar-refractivity contribution in [2.45, 2.75) is 26.4 Å². The first-order valence-electron chi connectivity index (χ1n) is 6.02. The number of carbonyl (C=O) groups excluding carboxylic acids is 1. The zero-order valence-corrected chi connectivity index (χ0v) is 11.9. The molecule has 0 aliphatic rings. The second-order valence-corrected chi connectivity index (χ2v) is 5.53. The number of hydrogen-bond acceptors (Lipinski definition) is 2. The van der Waals surface area contributed by atoms with Gasteiger partial charge in [0.05, 0.1) is 5.52 Å². The van der Waals surface area contributed by atoms with Crippen LogP contribution in [0.25, 0.3) is 17.0 Å². The molecule has 100 valence electrons. The molecule has 1 aromatic heterocycles. The number of aromatic nitrogens is 1. The number of fused-ring (bicyclic) bond motifs is 1. The van der Waals surface area contributed by atoms with Crippen LogP contribution in [0.15, 0.2) is 36.0 Å². The molecule has 1 aromatic carbocycles. The predicted molar refractivity (Wildman–Crippen MR) is 78.5 cm³/mol. The number of ether oxygens (including phenoxy) is 1. The monoisotopic (exact) mass is 277 g/mol. The maximum Gasteiger partial charge on any atom is 0.418 e. The molecule has 2 rings (SSSR count). The third kappa shape index (κ3) is 3.18. The van der Waals surface area contributed by atoms with Crippen molar-refractivity contribution in [3.05, 3.63) is 41.6 Å². The molecule has 0 atom stereocenters. The van der Waals surface area contributed by atoms with E-state index in [1.807, 2.05) is 45.0 Å². The fraction of sp³-hybridized carbons (Fsp3) is 0.267. The minimum Gasteiger partial charge on any atom is -0.443 e. The van der Waals surface area contributed by atoms with Crippen molar-refractivity contribution in [3.63, 3.8) is 0 Å². The highest BCUT2D eigenvalue weighted by Crippen LogP contribution is 2.20. The third-order valence-corrected chi connectivity index (χ3v) is 2.69. The van der Waals surface area contributed by atoms with Crippen LogP contribution in [-0.4, -0.2) is 16.3 Å². The lowest BCUT2D eigenvalue weighted by atomic mass is 10.1. The topological polar surface area (TPSA) is 31.2 Å². The minimum atomic E-state index is -0.505. The van der Waals surface area contributed by atoms with Crippen LogP contribution in [0.4, 0.5) is 4.79 Å². The van der Waals surface area contributed by atoms with E-state index in [-0.39, 0.29) is 6.09 Å². The average molecular weight is 278 g/mol. The molecule has 0 amide bonds. The largest absolute Gasteiger partial charge is 0.443 e. The Labute approximate surface area is 117 Å². The van der Waals surface area contributed by atoms with Gasteiger partial charge in [-0.1, -0.05) is 17.7 Å². The number of nitrogens with zero attached hydrogens (tertiary/aromatic N) is 1. The molecule has 0 radical (unpaired) electrons.